The number of benzene rings is 3. The fraction of sp³-hybridized carbons (Fsp3) is 0.100. The van der Waals surface area contributed by atoms with Crippen LogP contribution in [0.1, 0.15) is 5.56 Å². The van der Waals surface area contributed by atoms with E-state index in [-0.39, 0.29) is 5.69 Å². The smallest absolute Gasteiger partial charge is 0.270 e. The number of nitro groups is 1. The summed E-state index contributed by atoms with van der Waals surface area (Å²) in [6.45, 7) is 0.362. The second kappa shape index (κ2) is 8.01. The SMILES string of the molecule is COc1ccc(-c2cc([N+](=O)[O-])ccc2OCc2cccc(Br)c2)cc1. The highest BCUT2D eigenvalue weighted by Gasteiger charge is 2.14. The minimum atomic E-state index is -0.412. The van der Waals surface area contributed by atoms with Gasteiger partial charge in [-0.1, -0.05) is 40.2 Å². The Bertz CT molecular complexity index is 925. The molecule has 5 nitrogen and oxygen atoms in total. The van der Waals surface area contributed by atoms with Crippen molar-refractivity contribution in [1.29, 1.82) is 0 Å². The summed E-state index contributed by atoms with van der Waals surface area (Å²) < 4.78 is 12.1. The highest BCUT2D eigenvalue weighted by molar-refractivity contribution is 9.10. The maximum absolute atomic E-state index is 11.2. The van der Waals surface area contributed by atoms with E-state index >= 15 is 0 Å². The quantitative estimate of drug-likeness (QED) is 0.389. The predicted octanol–water partition coefficient (Wildman–Crippen LogP) is 5.61. The molecule has 0 spiro atoms. The van der Waals surface area contributed by atoms with Crippen molar-refractivity contribution in [2.75, 3.05) is 7.11 Å². The van der Waals surface area contributed by atoms with Crippen LogP contribution in [0.3, 0.4) is 0 Å². The van der Waals surface area contributed by atoms with Gasteiger partial charge in [-0.2, -0.15) is 0 Å². The van der Waals surface area contributed by atoms with Gasteiger partial charge in [0, 0.05) is 22.2 Å². The average Bonchev–Trinajstić information content (AvgIpc) is 2.66. The third kappa shape index (κ3) is 4.21. The maximum atomic E-state index is 11.2. The molecule has 0 radical (unpaired) electrons. The van der Waals surface area contributed by atoms with Crippen LogP contribution in [0.15, 0.2) is 71.2 Å². The van der Waals surface area contributed by atoms with Gasteiger partial charge in [-0.15, -0.1) is 0 Å². The van der Waals surface area contributed by atoms with Crippen molar-refractivity contribution in [2.45, 2.75) is 6.61 Å². The Kier molecular flexibility index (Phi) is 5.53. The van der Waals surface area contributed by atoms with E-state index in [0.29, 0.717) is 17.9 Å². The second-order valence-corrected chi connectivity index (χ2v) is 6.50. The number of nitro benzene ring substituents is 1. The predicted molar refractivity (Wildman–Crippen MR) is 104 cm³/mol. The number of ether oxygens (including phenoxy) is 2. The minimum absolute atomic E-state index is 0.0191. The molecule has 0 saturated carbocycles. The molecule has 3 aromatic carbocycles. The molecule has 0 atom stereocenters. The Morgan fingerprint density at radius 3 is 2.46 bits per heavy atom. The molecule has 0 bridgehead atoms. The molecule has 0 saturated heterocycles. The number of hydrogen-bond acceptors (Lipinski definition) is 4. The first-order valence-corrected chi connectivity index (χ1v) is 8.66. The number of halogens is 1. The maximum Gasteiger partial charge on any atom is 0.270 e. The molecule has 132 valence electrons. The fourth-order valence-electron chi connectivity index (χ4n) is 2.54. The summed E-state index contributed by atoms with van der Waals surface area (Å²) in [5.41, 5.74) is 2.50. The van der Waals surface area contributed by atoms with Gasteiger partial charge in [-0.3, -0.25) is 10.1 Å². The summed E-state index contributed by atoms with van der Waals surface area (Å²) in [5.74, 6) is 1.30. The third-order valence-electron chi connectivity index (χ3n) is 3.86. The molecular weight excluding hydrogens is 398 g/mol. The first-order chi connectivity index (χ1) is 12.6. The molecule has 6 heteroatoms. The van der Waals surface area contributed by atoms with Crippen molar-refractivity contribution >= 4 is 21.6 Å². The molecule has 26 heavy (non-hydrogen) atoms. The average molecular weight is 414 g/mol. The lowest BCUT2D eigenvalue weighted by atomic mass is 10.0. The Morgan fingerprint density at radius 1 is 1.04 bits per heavy atom. The first-order valence-electron chi connectivity index (χ1n) is 7.87. The van der Waals surface area contributed by atoms with Gasteiger partial charge in [0.05, 0.1) is 12.0 Å². The van der Waals surface area contributed by atoms with Gasteiger partial charge >= 0.3 is 0 Å². The Balaban J connectivity index is 1.94. The first kappa shape index (κ1) is 17.9. The molecular formula is C20H16BrNO4. The molecule has 0 aliphatic rings. The molecule has 0 N–H and O–H groups in total. The van der Waals surface area contributed by atoms with Crippen LogP contribution in [0, 0.1) is 10.1 Å². The summed E-state index contributed by atoms with van der Waals surface area (Å²) in [5, 5.41) is 11.2. The van der Waals surface area contributed by atoms with E-state index in [1.165, 1.54) is 12.1 Å². The van der Waals surface area contributed by atoms with Crippen LogP contribution in [-0.4, -0.2) is 12.0 Å². The van der Waals surface area contributed by atoms with Crippen LogP contribution >= 0.6 is 15.9 Å². The zero-order chi connectivity index (χ0) is 18.5. The highest BCUT2D eigenvalue weighted by Crippen LogP contribution is 2.35. The van der Waals surface area contributed by atoms with Gasteiger partial charge in [0.1, 0.15) is 18.1 Å². The summed E-state index contributed by atoms with van der Waals surface area (Å²) >= 11 is 3.44. The fourth-order valence-corrected chi connectivity index (χ4v) is 2.99. The van der Waals surface area contributed by atoms with E-state index in [1.54, 1.807) is 13.2 Å². The molecule has 0 fully saturated rings. The Labute approximate surface area is 159 Å². The minimum Gasteiger partial charge on any atom is -0.497 e. The molecule has 0 heterocycles. The van der Waals surface area contributed by atoms with Crippen LogP contribution in [0.5, 0.6) is 11.5 Å². The van der Waals surface area contributed by atoms with Crippen LogP contribution < -0.4 is 9.47 Å². The lowest BCUT2D eigenvalue weighted by Gasteiger charge is -2.12. The largest absolute Gasteiger partial charge is 0.497 e. The van der Waals surface area contributed by atoms with Crippen molar-refractivity contribution in [1.82, 2.24) is 0 Å². The van der Waals surface area contributed by atoms with Crippen LogP contribution in [0.25, 0.3) is 11.1 Å². The van der Waals surface area contributed by atoms with E-state index in [2.05, 4.69) is 15.9 Å². The van der Waals surface area contributed by atoms with Gasteiger partial charge in [-0.25, -0.2) is 0 Å². The zero-order valence-corrected chi connectivity index (χ0v) is 15.6. The van der Waals surface area contributed by atoms with E-state index in [9.17, 15) is 10.1 Å². The third-order valence-corrected chi connectivity index (χ3v) is 4.35. The van der Waals surface area contributed by atoms with Crippen molar-refractivity contribution in [3.8, 4) is 22.6 Å². The van der Waals surface area contributed by atoms with Crippen molar-refractivity contribution in [2.24, 2.45) is 0 Å². The van der Waals surface area contributed by atoms with Gasteiger partial charge in [-0.05, 0) is 41.5 Å². The van der Waals surface area contributed by atoms with E-state index in [0.717, 1.165) is 21.3 Å². The molecule has 0 aliphatic carbocycles. The number of non-ortho nitro benzene ring substituents is 1. The normalized spacial score (nSPS) is 10.4. The van der Waals surface area contributed by atoms with Crippen LogP contribution in [-0.2, 0) is 6.61 Å². The van der Waals surface area contributed by atoms with Gasteiger partial charge < -0.3 is 9.47 Å². The van der Waals surface area contributed by atoms with E-state index in [4.69, 9.17) is 9.47 Å². The zero-order valence-electron chi connectivity index (χ0n) is 14.0. The molecule has 0 amide bonds. The van der Waals surface area contributed by atoms with Crippen LogP contribution in [0.2, 0.25) is 0 Å². The van der Waals surface area contributed by atoms with Crippen molar-refractivity contribution in [3.05, 3.63) is 86.9 Å². The second-order valence-electron chi connectivity index (χ2n) is 5.58. The lowest BCUT2D eigenvalue weighted by Crippen LogP contribution is -1.98. The monoisotopic (exact) mass is 413 g/mol. The molecule has 0 aromatic heterocycles. The number of nitrogens with zero attached hydrogens (tertiary/aromatic N) is 1. The molecule has 0 unspecified atom stereocenters. The number of rotatable bonds is 6. The van der Waals surface area contributed by atoms with Gasteiger partial charge in [0.15, 0.2) is 0 Å². The Morgan fingerprint density at radius 2 is 1.81 bits per heavy atom. The highest BCUT2D eigenvalue weighted by atomic mass is 79.9. The van der Waals surface area contributed by atoms with E-state index in [1.807, 2.05) is 48.5 Å². The van der Waals surface area contributed by atoms with Gasteiger partial charge in [0.25, 0.3) is 5.69 Å². The number of methoxy groups -OCH3 is 1. The van der Waals surface area contributed by atoms with Crippen molar-refractivity contribution < 1.29 is 14.4 Å². The number of hydrogen-bond donors (Lipinski definition) is 0. The summed E-state index contributed by atoms with van der Waals surface area (Å²) in [6.07, 6.45) is 0. The van der Waals surface area contributed by atoms with E-state index < -0.39 is 4.92 Å². The standard InChI is InChI=1S/C20H16BrNO4/c1-25-18-8-5-15(6-9-18)19-12-17(22(23)24)7-10-20(19)26-13-14-3-2-4-16(21)11-14/h2-12H,13H2,1H3. The molecule has 0 aliphatic heterocycles. The summed E-state index contributed by atoms with van der Waals surface area (Å²) in [6, 6.07) is 19.7. The molecule has 3 aromatic rings. The van der Waals surface area contributed by atoms with Crippen molar-refractivity contribution in [3.63, 3.8) is 0 Å². The van der Waals surface area contributed by atoms with Crippen LogP contribution in [0.4, 0.5) is 5.69 Å². The lowest BCUT2D eigenvalue weighted by molar-refractivity contribution is -0.384. The van der Waals surface area contributed by atoms with Gasteiger partial charge in [0.2, 0.25) is 0 Å². The Hall–Kier alpha value is -2.86. The summed E-state index contributed by atoms with van der Waals surface area (Å²) in [7, 11) is 1.59. The molecule has 3 rings (SSSR count). The summed E-state index contributed by atoms with van der Waals surface area (Å²) in [4.78, 5) is 10.7. The topological polar surface area (TPSA) is 61.6 Å².